The third-order valence-corrected chi connectivity index (χ3v) is 2.01. The number of benzene rings is 1. The predicted molar refractivity (Wildman–Crippen MR) is 55.8 cm³/mol. The Morgan fingerprint density at radius 3 is 2.27 bits per heavy atom. The topological polar surface area (TPSA) is 69.4 Å². The molecule has 0 aliphatic rings. The average molecular weight is 207 g/mol. The van der Waals surface area contributed by atoms with Gasteiger partial charge in [-0.15, -0.1) is 0 Å². The third kappa shape index (κ3) is 3.42. The van der Waals surface area contributed by atoms with Crippen LogP contribution in [0.25, 0.3) is 0 Å². The number of carbonyl (C=O) groups is 2. The van der Waals surface area contributed by atoms with E-state index in [2.05, 4.69) is 0 Å². The summed E-state index contributed by atoms with van der Waals surface area (Å²) in [6.45, 7) is 0. The minimum atomic E-state index is -0.461. The van der Waals surface area contributed by atoms with E-state index in [1.807, 2.05) is 0 Å². The van der Waals surface area contributed by atoms with Crippen LogP contribution in [0.1, 0.15) is 23.2 Å². The van der Waals surface area contributed by atoms with Crippen LogP contribution < -0.4 is 10.5 Å². The van der Waals surface area contributed by atoms with Gasteiger partial charge in [0.05, 0.1) is 7.11 Å². The summed E-state index contributed by atoms with van der Waals surface area (Å²) in [6.07, 6.45) is 0.243. The van der Waals surface area contributed by atoms with E-state index in [0.29, 0.717) is 11.3 Å². The average Bonchev–Trinajstić information content (AvgIpc) is 2.26. The largest absolute Gasteiger partial charge is 0.497 e. The molecular weight excluding hydrogens is 194 g/mol. The molecule has 0 radical (unpaired) electrons. The van der Waals surface area contributed by atoms with E-state index in [0.717, 1.165) is 0 Å². The Hall–Kier alpha value is -1.84. The summed E-state index contributed by atoms with van der Waals surface area (Å²) in [5.41, 5.74) is 5.52. The lowest BCUT2D eigenvalue weighted by molar-refractivity contribution is -0.118. The van der Waals surface area contributed by atoms with Crippen LogP contribution in [0.3, 0.4) is 0 Å². The SMILES string of the molecule is COc1ccc(C(=O)CCC(N)=O)cc1. The molecule has 0 aromatic heterocycles. The number of ketones is 1. The second-order valence-electron chi connectivity index (χ2n) is 3.12. The van der Waals surface area contributed by atoms with Crippen molar-refractivity contribution in [3.8, 4) is 5.75 Å². The fourth-order valence-electron chi connectivity index (χ4n) is 1.16. The molecule has 0 saturated heterocycles. The van der Waals surface area contributed by atoms with Crippen molar-refractivity contribution in [3.63, 3.8) is 0 Å². The van der Waals surface area contributed by atoms with Crippen molar-refractivity contribution in [2.45, 2.75) is 12.8 Å². The van der Waals surface area contributed by atoms with E-state index in [1.165, 1.54) is 0 Å². The zero-order valence-corrected chi connectivity index (χ0v) is 8.53. The summed E-state index contributed by atoms with van der Waals surface area (Å²) >= 11 is 0. The van der Waals surface area contributed by atoms with Crippen molar-refractivity contribution in [1.82, 2.24) is 0 Å². The molecule has 0 atom stereocenters. The lowest BCUT2D eigenvalue weighted by Crippen LogP contribution is -2.12. The number of hydrogen-bond donors (Lipinski definition) is 1. The van der Waals surface area contributed by atoms with Gasteiger partial charge in [0.15, 0.2) is 5.78 Å². The first-order valence-corrected chi connectivity index (χ1v) is 4.59. The number of nitrogens with two attached hydrogens (primary N) is 1. The summed E-state index contributed by atoms with van der Waals surface area (Å²) < 4.78 is 4.96. The van der Waals surface area contributed by atoms with Gasteiger partial charge in [-0.05, 0) is 24.3 Å². The van der Waals surface area contributed by atoms with Gasteiger partial charge in [0.2, 0.25) is 5.91 Å². The quantitative estimate of drug-likeness (QED) is 0.736. The lowest BCUT2D eigenvalue weighted by Gasteiger charge is -2.01. The van der Waals surface area contributed by atoms with E-state index >= 15 is 0 Å². The molecule has 0 bridgehead atoms. The molecule has 2 N–H and O–H groups in total. The summed E-state index contributed by atoms with van der Waals surface area (Å²) in [5.74, 6) is 0.148. The first-order valence-electron chi connectivity index (χ1n) is 4.59. The van der Waals surface area contributed by atoms with Gasteiger partial charge >= 0.3 is 0 Å². The Morgan fingerprint density at radius 1 is 1.20 bits per heavy atom. The van der Waals surface area contributed by atoms with Crippen LogP contribution in [-0.4, -0.2) is 18.8 Å². The van der Waals surface area contributed by atoms with Crippen molar-refractivity contribution in [1.29, 1.82) is 0 Å². The second kappa shape index (κ2) is 5.14. The fraction of sp³-hybridized carbons (Fsp3) is 0.273. The molecule has 0 saturated carbocycles. The first kappa shape index (κ1) is 11.2. The van der Waals surface area contributed by atoms with Crippen molar-refractivity contribution in [2.75, 3.05) is 7.11 Å². The number of amides is 1. The maximum absolute atomic E-state index is 11.5. The van der Waals surface area contributed by atoms with E-state index in [4.69, 9.17) is 10.5 Å². The molecule has 80 valence electrons. The Labute approximate surface area is 88.0 Å². The molecule has 1 aromatic carbocycles. The van der Waals surface area contributed by atoms with Crippen molar-refractivity contribution in [3.05, 3.63) is 29.8 Å². The van der Waals surface area contributed by atoms with Gasteiger partial charge in [-0.3, -0.25) is 9.59 Å². The molecule has 4 heteroatoms. The van der Waals surface area contributed by atoms with E-state index in [9.17, 15) is 9.59 Å². The summed E-state index contributed by atoms with van der Waals surface area (Å²) in [7, 11) is 1.56. The van der Waals surface area contributed by atoms with E-state index < -0.39 is 5.91 Å². The van der Waals surface area contributed by atoms with Crippen LogP contribution in [0.5, 0.6) is 5.75 Å². The number of primary amides is 1. The minimum Gasteiger partial charge on any atom is -0.497 e. The Kier molecular flexibility index (Phi) is 3.85. The number of hydrogen-bond acceptors (Lipinski definition) is 3. The van der Waals surface area contributed by atoms with E-state index in [-0.39, 0.29) is 18.6 Å². The van der Waals surface area contributed by atoms with Crippen molar-refractivity contribution < 1.29 is 14.3 Å². The number of methoxy groups -OCH3 is 1. The van der Waals surface area contributed by atoms with Gasteiger partial charge in [-0.25, -0.2) is 0 Å². The standard InChI is InChI=1S/C11H13NO3/c1-15-9-4-2-8(3-5-9)10(13)6-7-11(12)14/h2-5H,6-7H2,1H3,(H2,12,14). The first-order chi connectivity index (χ1) is 7.13. The second-order valence-corrected chi connectivity index (χ2v) is 3.12. The van der Waals surface area contributed by atoms with Gasteiger partial charge < -0.3 is 10.5 Å². The third-order valence-electron chi connectivity index (χ3n) is 2.01. The van der Waals surface area contributed by atoms with Crippen molar-refractivity contribution in [2.24, 2.45) is 5.73 Å². The lowest BCUT2D eigenvalue weighted by atomic mass is 10.1. The monoisotopic (exact) mass is 207 g/mol. The van der Waals surface area contributed by atoms with Crippen LogP contribution >= 0.6 is 0 Å². The smallest absolute Gasteiger partial charge is 0.217 e. The van der Waals surface area contributed by atoms with Gasteiger partial charge in [-0.2, -0.15) is 0 Å². The highest BCUT2D eigenvalue weighted by molar-refractivity contribution is 5.97. The summed E-state index contributed by atoms with van der Waals surface area (Å²) in [5, 5.41) is 0. The Morgan fingerprint density at radius 2 is 1.80 bits per heavy atom. The van der Waals surface area contributed by atoms with Gasteiger partial charge in [0.1, 0.15) is 5.75 Å². The summed E-state index contributed by atoms with van der Waals surface area (Å²) in [4.78, 5) is 22.0. The van der Waals surface area contributed by atoms with Gasteiger partial charge in [0.25, 0.3) is 0 Å². The van der Waals surface area contributed by atoms with Crippen LogP contribution in [0.4, 0.5) is 0 Å². The molecule has 0 aliphatic carbocycles. The van der Waals surface area contributed by atoms with Crippen LogP contribution in [0.2, 0.25) is 0 Å². The highest BCUT2D eigenvalue weighted by Crippen LogP contribution is 2.13. The Bertz CT molecular complexity index is 357. The number of Topliss-reactive ketones (excluding diaryl/α,β-unsaturated/α-hetero) is 1. The van der Waals surface area contributed by atoms with Crippen LogP contribution in [0.15, 0.2) is 24.3 Å². The molecular formula is C11H13NO3. The van der Waals surface area contributed by atoms with Crippen LogP contribution in [-0.2, 0) is 4.79 Å². The van der Waals surface area contributed by atoms with Gasteiger partial charge in [0, 0.05) is 18.4 Å². The molecule has 1 amide bonds. The van der Waals surface area contributed by atoms with Gasteiger partial charge in [-0.1, -0.05) is 0 Å². The highest BCUT2D eigenvalue weighted by Gasteiger charge is 2.07. The molecule has 1 rings (SSSR count). The minimum absolute atomic E-state index is 0.0866. The number of carbonyl (C=O) groups excluding carboxylic acids is 2. The maximum atomic E-state index is 11.5. The number of ether oxygens (including phenoxy) is 1. The predicted octanol–water partition coefficient (Wildman–Crippen LogP) is 1.14. The molecule has 0 unspecified atom stereocenters. The number of rotatable bonds is 5. The van der Waals surface area contributed by atoms with Crippen molar-refractivity contribution >= 4 is 11.7 Å². The molecule has 15 heavy (non-hydrogen) atoms. The molecule has 1 aromatic rings. The molecule has 0 spiro atoms. The highest BCUT2D eigenvalue weighted by atomic mass is 16.5. The fourth-order valence-corrected chi connectivity index (χ4v) is 1.16. The molecule has 0 fully saturated rings. The van der Waals surface area contributed by atoms with Crippen LogP contribution in [0, 0.1) is 0 Å². The molecule has 0 aliphatic heterocycles. The molecule has 4 nitrogen and oxygen atoms in total. The van der Waals surface area contributed by atoms with E-state index in [1.54, 1.807) is 31.4 Å². The maximum Gasteiger partial charge on any atom is 0.217 e. The normalized spacial score (nSPS) is 9.67. The zero-order chi connectivity index (χ0) is 11.3. The Balaban J connectivity index is 2.62. The summed E-state index contributed by atoms with van der Waals surface area (Å²) in [6, 6.07) is 6.75. The molecule has 0 heterocycles. The zero-order valence-electron chi connectivity index (χ0n) is 8.53.